The van der Waals surface area contributed by atoms with Crippen LogP contribution in [-0.2, 0) is 19.2 Å². The molecule has 37 heavy (non-hydrogen) atoms. The highest BCUT2D eigenvalue weighted by atomic mass is 16.4. The lowest BCUT2D eigenvalue weighted by Crippen LogP contribution is -2.62. The van der Waals surface area contributed by atoms with Crippen LogP contribution in [-0.4, -0.2) is 77.0 Å². The Hall–Kier alpha value is -2.85. The van der Waals surface area contributed by atoms with Crippen LogP contribution in [0, 0.1) is 23.2 Å². The summed E-state index contributed by atoms with van der Waals surface area (Å²) >= 11 is 0. The fourth-order valence-electron chi connectivity index (χ4n) is 6.63. The summed E-state index contributed by atoms with van der Waals surface area (Å²) < 4.78 is 0. The first kappa shape index (κ1) is 27.2. The molecule has 2 heterocycles. The monoisotopic (exact) mass is 519 g/mol. The molecule has 2 saturated carbocycles. The van der Waals surface area contributed by atoms with Gasteiger partial charge in [0.25, 0.3) is 0 Å². The average molecular weight is 520 g/mol. The Balaban J connectivity index is 1.53. The summed E-state index contributed by atoms with van der Waals surface area (Å²) in [6, 6.07) is -3.88. The number of amides is 5. The lowest BCUT2D eigenvalue weighted by molar-refractivity contribution is -0.152. The van der Waals surface area contributed by atoms with Crippen LogP contribution in [0.5, 0.6) is 0 Å². The largest absolute Gasteiger partial charge is 0.480 e. The third-order valence-electron chi connectivity index (χ3n) is 8.62. The normalized spacial score (nSPS) is 29.6. The van der Waals surface area contributed by atoms with Gasteiger partial charge < -0.3 is 31.3 Å². The molecule has 4 fully saturated rings. The van der Waals surface area contributed by atoms with E-state index in [1.54, 1.807) is 0 Å². The van der Waals surface area contributed by atoms with Crippen molar-refractivity contribution < 1.29 is 29.1 Å². The molecule has 6 atom stereocenters. The summed E-state index contributed by atoms with van der Waals surface area (Å²) in [6.45, 7) is 6.06. The molecule has 2 aliphatic carbocycles. The molecule has 0 aromatic rings. The molecule has 2 aliphatic heterocycles. The van der Waals surface area contributed by atoms with Crippen LogP contribution in [0.3, 0.4) is 0 Å². The second-order valence-corrected chi connectivity index (χ2v) is 12.2. The predicted molar refractivity (Wildman–Crippen MR) is 134 cm³/mol. The van der Waals surface area contributed by atoms with E-state index in [-0.39, 0.29) is 30.2 Å². The highest BCUT2D eigenvalue weighted by Gasteiger charge is 2.52. The maximum Gasteiger partial charge on any atom is 0.326 e. The van der Waals surface area contributed by atoms with Crippen LogP contribution in [0.4, 0.5) is 4.79 Å². The third-order valence-corrected chi connectivity index (χ3v) is 8.62. The predicted octanol–water partition coefficient (Wildman–Crippen LogP) is 0.976. The molecule has 11 nitrogen and oxygen atoms in total. The first-order chi connectivity index (χ1) is 17.5. The van der Waals surface area contributed by atoms with Gasteiger partial charge in [-0.3, -0.25) is 14.4 Å². The Labute approximate surface area is 217 Å². The molecular weight excluding hydrogens is 478 g/mol. The standard InChI is InChI=1S/C26H41N5O6/c1-26(2,3)20(23(34)31-13-15-10-7-11-16(15)19(31)24(35)36)30-22(33)18(14-8-5-4-6-9-14)29-21(32)17-12-27-25(37)28-17/h14-20H,4-13H2,1-3H3,(H,29,32)(H,30,33)(H,35,36)(H2,27,28,37)/t15-,16-,17-,18-,19?,20+/m0/s1. The zero-order valence-electron chi connectivity index (χ0n) is 22.0. The van der Waals surface area contributed by atoms with E-state index in [4.69, 9.17) is 0 Å². The number of nitrogens with zero attached hydrogens (tertiary/aromatic N) is 1. The van der Waals surface area contributed by atoms with Crippen molar-refractivity contribution in [1.82, 2.24) is 26.2 Å². The number of fused-ring (bicyclic) bond motifs is 1. The summed E-state index contributed by atoms with van der Waals surface area (Å²) in [6.07, 6.45) is 7.19. The molecule has 0 aromatic heterocycles. The Bertz CT molecular complexity index is 927. The Morgan fingerprint density at radius 1 is 1.00 bits per heavy atom. The van der Waals surface area contributed by atoms with Gasteiger partial charge in [-0.15, -0.1) is 0 Å². The van der Waals surface area contributed by atoms with Crippen LogP contribution < -0.4 is 21.3 Å². The minimum atomic E-state index is -0.999. The number of aliphatic carboxylic acids is 1. The molecule has 0 bridgehead atoms. The van der Waals surface area contributed by atoms with Crippen molar-refractivity contribution in [2.24, 2.45) is 23.2 Å². The highest BCUT2D eigenvalue weighted by Crippen LogP contribution is 2.43. The summed E-state index contributed by atoms with van der Waals surface area (Å²) in [5.41, 5.74) is -0.683. The van der Waals surface area contributed by atoms with E-state index in [1.807, 2.05) is 20.8 Å². The number of urea groups is 1. The van der Waals surface area contributed by atoms with Crippen molar-refractivity contribution in [2.45, 2.75) is 96.3 Å². The summed E-state index contributed by atoms with van der Waals surface area (Å²) in [7, 11) is 0. The second kappa shape index (κ2) is 10.9. The van der Waals surface area contributed by atoms with E-state index in [0.717, 1.165) is 51.4 Å². The number of hydrogen-bond donors (Lipinski definition) is 5. The minimum absolute atomic E-state index is 0.0534. The molecule has 0 spiro atoms. The van der Waals surface area contributed by atoms with Gasteiger partial charge in [0.05, 0.1) is 0 Å². The van der Waals surface area contributed by atoms with Crippen molar-refractivity contribution in [1.29, 1.82) is 0 Å². The molecule has 4 aliphatic rings. The number of carboxylic acid groups (broad SMARTS) is 1. The Kier molecular flexibility index (Phi) is 7.99. The van der Waals surface area contributed by atoms with Gasteiger partial charge in [-0.2, -0.15) is 0 Å². The molecule has 4 rings (SSSR count). The van der Waals surface area contributed by atoms with Gasteiger partial charge in [-0.25, -0.2) is 9.59 Å². The molecule has 5 amide bonds. The number of hydrogen-bond acceptors (Lipinski definition) is 5. The number of carbonyl (C=O) groups excluding carboxylic acids is 4. The quantitative estimate of drug-likeness (QED) is 0.337. The Morgan fingerprint density at radius 3 is 2.30 bits per heavy atom. The molecular formula is C26H41N5O6. The SMILES string of the molecule is CC(C)(C)[C@H](NC(=O)[C@@H](NC(=O)[C@@H]1CNC(=O)N1)C1CCCCC1)C(=O)N1C[C@@H]2CCC[C@@H]2C1C(=O)O. The van der Waals surface area contributed by atoms with Crippen LogP contribution in [0.15, 0.2) is 0 Å². The highest BCUT2D eigenvalue weighted by molar-refractivity contribution is 5.96. The maximum atomic E-state index is 13.8. The first-order valence-corrected chi connectivity index (χ1v) is 13.7. The van der Waals surface area contributed by atoms with Gasteiger partial charge in [0, 0.05) is 13.1 Å². The molecule has 0 aromatic carbocycles. The summed E-state index contributed by atoms with van der Waals surface area (Å²) in [4.78, 5) is 65.6. The number of rotatable bonds is 7. The van der Waals surface area contributed by atoms with Crippen molar-refractivity contribution in [3.63, 3.8) is 0 Å². The van der Waals surface area contributed by atoms with Gasteiger partial charge in [-0.1, -0.05) is 46.5 Å². The van der Waals surface area contributed by atoms with E-state index >= 15 is 0 Å². The van der Waals surface area contributed by atoms with E-state index in [9.17, 15) is 29.1 Å². The van der Waals surface area contributed by atoms with Crippen LogP contribution in [0.1, 0.15) is 72.1 Å². The van der Waals surface area contributed by atoms with E-state index in [0.29, 0.717) is 6.54 Å². The van der Waals surface area contributed by atoms with E-state index < -0.39 is 53.4 Å². The van der Waals surface area contributed by atoms with E-state index in [2.05, 4.69) is 21.3 Å². The van der Waals surface area contributed by atoms with Crippen molar-refractivity contribution >= 4 is 29.7 Å². The van der Waals surface area contributed by atoms with Crippen molar-refractivity contribution in [3.05, 3.63) is 0 Å². The van der Waals surface area contributed by atoms with Gasteiger partial charge in [-0.05, 0) is 48.9 Å². The molecule has 11 heteroatoms. The van der Waals surface area contributed by atoms with Crippen LogP contribution in [0.2, 0.25) is 0 Å². The van der Waals surface area contributed by atoms with Crippen molar-refractivity contribution in [2.75, 3.05) is 13.1 Å². The van der Waals surface area contributed by atoms with Gasteiger partial charge in [0.2, 0.25) is 17.7 Å². The topological polar surface area (TPSA) is 157 Å². The zero-order valence-corrected chi connectivity index (χ0v) is 22.0. The van der Waals surface area contributed by atoms with E-state index in [1.165, 1.54) is 4.90 Å². The van der Waals surface area contributed by atoms with Gasteiger partial charge in [0.1, 0.15) is 24.2 Å². The second-order valence-electron chi connectivity index (χ2n) is 12.2. The first-order valence-electron chi connectivity index (χ1n) is 13.7. The summed E-state index contributed by atoms with van der Waals surface area (Å²) in [5.74, 6) is -2.24. The minimum Gasteiger partial charge on any atom is -0.480 e. The van der Waals surface area contributed by atoms with Crippen molar-refractivity contribution in [3.8, 4) is 0 Å². The van der Waals surface area contributed by atoms with Gasteiger partial charge in [0.15, 0.2) is 0 Å². The summed E-state index contributed by atoms with van der Waals surface area (Å²) in [5, 5.41) is 20.8. The lowest BCUT2D eigenvalue weighted by atomic mass is 9.82. The molecule has 2 saturated heterocycles. The zero-order chi connectivity index (χ0) is 26.9. The molecule has 1 unspecified atom stereocenters. The lowest BCUT2D eigenvalue weighted by Gasteiger charge is -2.37. The maximum absolute atomic E-state index is 13.8. The van der Waals surface area contributed by atoms with Gasteiger partial charge >= 0.3 is 12.0 Å². The molecule has 5 N–H and O–H groups in total. The number of carbonyl (C=O) groups is 5. The molecule has 0 radical (unpaired) electrons. The fourth-order valence-corrected chi connectivity index (χ4v) is 6.63. The number of carboxylic acids is 1. The number of likely N-dealkylation sites (tertiary alicyclic amines) is 1. The third kappa shape index (κ3) is 5.85. The Morgan fingerprint density at radius 2 is 1.70 bits per heavy atom. The van der Waals surface area contributed by atoms with Crippen LogP contribution >= 0.6 is 0 Å². The average Bonchev–Trinajstić information content (AvgIpc) is 3.55. The van der Waals surface area contributed by atoms with Crippen LogP contribution in [0.25, 0.3) is 0 Å². The molecule has 206 valence electrons. The number of nitrogens with one attached hydrogen (secondary N) is 4. The smallest absolute Gasteiger partial charge is 0.326 e. The fraction of sp³-hybridized carbons (Fsp3) is 0.808.